The van der Waals surface area contributed by atoms with E-state index in [9.17, 15) is 9.59 Å². The monoisotopic (exact) mass is 244 g/mol. The zero-order valence-electron chi connectivity index (χ0n) is 8.70. The molecule has 1 heterocycles. The Bertz CT molecular complexity index is 345. The molecule has 0 bridgehead atoms. The number of carboxylic acids is 2. The molecule has 0 aliphatic rings. The molecule has 1 aromatic rings. The van der Waals surface area contributed by atoms with Crippen LogP contribution in [0, 0.1) is 0 Å². The minimum atomic E-state index is -1.08. The van der Waals surface area contributed by atoms with E-state index >= 15 is 0 Å². The van der Waals surface area contributed by atoms with Crippen LogP contribution in [0.15, 0.2) is 0 Å². The minimum Gasteiger partial charge on any atom is -0.481 e. The van der Waals surface area contributed by atoms with Crippen LogP contribution in [0.5, 0.6) is 0 Å². The number of aliphatic carboxylic acids is 2. The maximum Gasteiger partial charge on any atom is 0.303 e. The molecule has 10 nitrogen and oxygen atoms in total. The van der Waals surface area contributed by atoms with Crippen molar-refractivity contribution in [3.63, 3.8) is 0 Å². The smallest absolute Gasteiger partial charge is 0.303 e. The van der Waals surface area contributed by atoms with Gasteiger partial charge in [-0.05, 0) is 0 Å². The number of rotatable bonds is 3. The Morgan fingerprint density at radius 2 is 1.06 bits per heavy atom. The van der Waals surface area contributed by atoms with Crippen LogP contribution in [0.25, 0.3) is 0 Å². The lowest BCUT2D eigenvalue weighted by Gasteiger charge is -1.93. The van der Waals surface area contributed by atoms with Crippen molar-refractivity contribution >= 4 is 29.8 Å². The Morgan fingerprint density at radius 3 is 1.24 bits per heavy atom. The molecule has 0 spiro atoms. The topological polar surface area (TPSA) is 191 Å². The molecule has 0 aliphatic heterocycles. The van der Waals surface area contributed by atoms with Gasteiger partial charge in [0.25, 0.3) is 0 Å². The molecule has 0 saturated heterocycles. The molecule has 10 heteroatoms. The van der Waals surface area contributed by atoms with E-state index in [1.807, 2.05) is 0 Å². The van der Waals surface area contributed by atoms with Gasteiger partial charge in [0.1, 0.15) is 0 Å². The van der Waals surface area contributed by atoms with E-state index in [-0.39, 0.29) is 30.7 Å². The van der Waals surface area contributed by atoms with Gasteiger partial charge in [-0.25, -0.2) is 0 Å². The molecule has 8 N–H and O–H groups in total. The summed E-state index contributed by atoms with van der Waals surface area (Å²) in [5.74, 6) is -2.03. The lowest BCUT2D eigenvalue weighted by molar-refractivity contribution is -0.143. The molecule has 0 unspecified atom stereocenters. The fraction of sp³-hybridized carbons (Fsp3) is 0.286. The fourth-order valence-electron chi connectivity index (χ4n) is 0.641. The van der Waals surface area contributed by atoms with Crippen LogP contribution in [0.2, 0.25) is 0 Å². The zero-order valence-corrected chi connectivity index (χ0v) is 8.70. The first-order valence-corrected chi connectivity index (χ1v) is 4.27. The lowest BCUT2D eigenvalue weighted by atomic mass is 10.3. The molecule has 0 fully saturated rings. The number of carboxylic acid groups (broad SMARTS) is 2. The van der Waals surface area contributed by atoms with E-state index in [0.717, 1.165) is 0 Å². The lowest BCUT2D eigenvalue weighted by Crippen LogP contribution is -2.05. The normalized spacial score (nSPS) is 8.94. The molecule has 94 valence electrons. The van der Waals surface area contributed by atoms with Gasteiger partial charge in [0.15, 0.2) is 0 Å². The second kappa shape index (κ2) is 6.76. The molecule has 0 aliphatic carbocycles. The number of carbonyl (C=O) groups is 2. The highest BCUT2D eigenvalue weighted by Gasteiger charge is 2.00. The van der Waals surface area contributed by atoms with Gasteiger partial charge in [-0.3, -0.25) is 9.59 Å². The predicted molar refractivity (Wildman–Crippen MR) is 57.6 cm³/mol. The molecule has 0 saturated carbocycles. The highest BCUT2D eigenvalue weighted by molar-refractivity contribution is 5.75. The van der Waals surface area contributed by atoms with Crippen LogP contribution in [0.3, 0.4) is 0 Å². The highest BCUT2D eigenvalue weighted by atomic mass is 16.4. The molecule has 17 heavy (non-hydrogen) atoms. The van der Waals surface area contributed by atoms with Gasteiger partial charge >= 0.3 is 11.9 Å². The third-order valence-electron chi connectivity index (χ3n) is 1.24. The third kappa shape index (κ3) is 8.35. The van der Waals surface area contributed by atoms with Crippen molar-refractivity contribution in [1.82, 2.24) is 15.0 Å². The van der Waals surface area contributed by atoms with Crippen LogP contribution in [0.4, 0.5) is 17.8 Å². The molecule has 0 amide bonds. The van der Waals surface area contributed by atoms with Crippen molar-refractivity contribution in [2.24, 2.45) is 0 Å². The SMILES string of the molecule is Nc1nc(N)nc(N)n1.O=C(O)CCC(=O)O. The molecule has 0 aromatic carbocycles. The van der Waals surface area contributed by atoms with Crippen molar-refractivity contribution in [3.8, 4) is 0 Å². The summed E-state index contributed by atoms with van der Waals surface area (Å²) in [6.45, 7) is 0. The molecule has 0 atom stereocenters. The van der Waals surface area contributed by atoms with Crippen LogP contribution < -0.4 is 17.2 Å². The molecular formula is C7H12N6O4. The predicted octanol–water partition coefficient (Wildman–Crippen LogP) is -1.45. The fourth-order valence-corrected chi connectivity index (χ4v) is 0.641. The van der Waals surface area contributed by atoms with Crippen molar-refractivity contribution in [2.45, 2.75) is 12.8 Å². The Hall–Kier alpha value is -2.65. The van der Waals surface area contributed by atoms with Crippen LogP contribution >= 0.6 is 0 Å². The maximum atomic E-state index is 9.64. The summed E-state index contributed by atoms with van der Waals surface area (Å²) in [7, 11) is 0. The van der Waals surface area contributed by atoms with Crippen molar-refractivity contribution in [3.05, 3.63) is 0 Å². The third-order valence-corrected chi connectivity index (χ3v) is 1.24. The first kappa shape index (κ1) is 14.3. The Labute approximate surface area is 95.5 Å². The maximum absolute atomic E-state index is 9.64. The van der Waals surface area contributed by atoms with Crippen molar-refractivity contribution < 1.29 is 19.8 Å². The van der Waals surface area contributed by atoms with Crippen LogP contribution in [-0.2, 0) is 9.59 Å². The van der Waals surface area contributed by atoms with E-state index < -0.39 is 11.9 Å². The van der Waals surface area contributed by atoms with Gasteiger partial charge in [-0.2, -0.15) is 15.0 Å². The summed E-state index contributed by atoms with van der Waals surface area (Å²) in [6, 6.07) is 0. The number of aromatic nitrogens is 3. The molecule has 0 radical (unpaired) electrons. The Morgan fingerprint density at radius 1 is 0.824 bits per heavy atom. The van der Waals surface area contributed by atoms with E-state index in [2.05, 4.69) is 15.0 Å². The standard InChI is InChI=1S/C4H6O4.C3H6N6/c5-3(6)1-2-4(7)8;4-1-7-2(5)9-3(6)8-1/h1-2H2,(H,5,6)(H,7,8);(H6,4,5,6,7,8,9). The van der Waals surface area contributed by atoms with Crippen LogP contribution in [0.1, 0.15) is 12.8 Å². The number of hydrogen-bond acceptors (Lipinski definition) is 8. The van der Waals surface area contributed by atoms with Gasteiger partial charge in [-0.1, -0.05) is 0 Å². The summed E-state index contributed by atoms with van der Waals surface area (Å²) >= 11 is 0. The summed E-state index contributed by atoms with van der Waals surface area (Å²) in [6.07, 6.45) is -0.593. The summed E-state index contributed by atoms with van der Waals surface area (Å²) < 4.78 is 0. The number of nitrogens with two attached hydrogens (primary N) is 3. The number of hydrogen-bond donors (Lipinski definition) is 5. The van der Waals surface area contributed by atoms with E-state index in [0.29, 0.717) is 0 Å². The second-order valence-electron chi connectivity index (χ2n) is 2.70. The summed E-state index contributed by atoms with van der Waals surface area (Å²) in [5, 5.41) is 15.8. The van der Waals surface area contributed by atoms with E-state index in [1.54, 1.807) is 0 Å². The largest absolute Gasteiger partial charge is 0.481 e. The number of nitrogens with zero attached hydrogens (tertiary/aromatic N) is 3. The van der Waals surface area contributed by atoms with Gasteiger partial charge in [-0.15, -0.1) is 0 Å². The number of nitrogen functional groups attached to an aromatic ring is 3. The van der Waals surface area contributed by atoms with Gasteiger partial charge in [0.2, 0.25) is 17.8 Å². The molecule has 1 aromatic heterocycles. The van der Waals surface area contributed by atoms with Gasteiger partial charge in [0, 0.05) is 0 Å². The first-order valence-electron chi connectivity index (χ1n) is 4.27. The van der Waals surface area contributed by atoms with E-state index in [4.69, 9.17) is 27.4 Å². The molecule has 1 rings (SSSR count). The number of anilines is 3. The molecular weight excluding hydrogens is 232 g/mol. The average Bonchev–Trinajstić information content (AvgIpc) is 2.13. The Balaban J connectivity index is 0.000000304. The van der Waals surface area contributed by atoms with Crippen molar-refractivity contribution in [2.75, 3.05) is 17.2 Å². The summed E-state index contributed by atoms with van der Waals surface area (Å²) in [5.41, 5.74) is 15.4. The summed E-state index contributed by atoms with van der Waals surface area (Å²) in [4.78, 5) is 29.7. The van der Waals surface area contributed by atoms with Crippen molar-refractivity contribution in [1.29, 1.82) is 0 Å². The van der Waals surface area contributed by atoms with E-state index in [1.165, 1.54) is 0 Å². The zero-order chi connectivity index (χ0) is 13.4. The first-order chi connectivity index (χ1) is 7.81. The van der Waals surface area contributed by atoms with Crippen LogP contribution in [-0.4, -0.2) is 37.1 Å². The van der Waals surface area contributed by atoms with Gasteiger partial charge < -0.3 is 27.4 Å². The minimum absolute atomic E-state index is 0.0417. The Kier molecular flexibility index (Phi) is 5.71. The quantitative estimate of drug-likeness (QED) is 0.420. The highest BCUT2D eigenvalue weighted by Crippen LogP contribution is 1.97. The van der Waals surface area contributed by atoms with Gasteiger partial charge in [0.05, 0.1) is 12.8 Å². The average molecular weight is 244 g/mol. The second-order valence-corrected chi connectivity index (χ2v) is 2.70.